The van der Waals surface area contributed by atoms with Crippen LogP contribution in [0, 0.1) is 6.92 Å². The van der Waals surface area contributed by atoms with Crippen molar-refractivity contribution in [3.8, 4) is 5.69 Å². The monoisotopic (exact) mass is 313 g/mol. The van der Waals surface area contributed by atoms with Crippen LogP contribution in [0.15, 0.2) is 48.5 Å². The zero-order valence-corrected chi connectivity index (χ0v) is 13.0. The van der Waals surface area contributed by atoms with Gasteiger partial charge in [-0.25, -0.2) is 4.68 Å². The van der Waals surface area contributed by atoms with Gasteiger partial charge in [-0.2, -0.15) is 0 Å². The van der Waals surface area contributed by atoms with Gasteiger partial charge in [0.1, 0.15) is 5.69 Å². The number of rotatable bonds is 4. The third kappa shape index (κ3) is 2.89. The Balaban J connectivity index is 2.04. The van der Waals surface area contributed by atoms with Gasteiger partial charge in [-0.3, -0.25) is 0 Å². The highest BCUT2D eigenvalue weighted by atomic mass is 35.5. The summed E-state index contributed by atoms with van der Waals surface area (Å²) < 4.78 is 1.80. The van der Waals surface area contributed by atoms with Crippen LogP contribution in [0.25, 0.3) is 5.69 Å². The molecular weight excluding hydrogens is 298 g/mol. The Labute approximate surface area is 134 Å². The highest BCUT2D eigenvalue weighted by Gasteiger charge is 2.15. The summed E-state index contributed by atoms with van der Waals surface area (Å²) in [5.74, 6) is 0. The maximum atomic E-state index is 9.53. The Bertz CT molecular complexity index is 781. The van der Waals surface area contributed by atoms with Gasteiger partial charge >= 0.3 is 0 Å². The average Bonchev–Trinajstić information content (AvgIpc) is 2.92. The summed E-state index contributed by atoms with van der Waals surface area (Å²) >= 11 is 5.93. The number of aliphatic hydroxyl groups excluding tert-OH is 1. The van der Waals surface area contributed by atoms with Crippen molar-refractivity contribution in [2.24, 2.45) is 0 Å². The largest absolute Gasteiger partial charge is 0.390 e. The lowest BCUT2D eigenvalue weighted by Gasteiger charge is -2.10. The van der Waals surface area contributed by atoms with E-state index in [1.165, 1.54) is 0 Å². The van der Waals surface area contributed by atoms with Gasteiger partial charge in [0, 0.05) is 11.4 Å². The molecule has 1 heterocycles. The number of hydrogen-bond acceptors (Lipinski definition) is 3. The summed E-state index contributed by atoms with van der Waals surface area (Å²) in [6.45, 7) is 1.90. The summed E-state index contributed by atoms with van der Waals surface area (Å²) in [5, 5.41) is 18.6. The van der Waals surface area contributed by atoms with E-state index in [0.717, 1.165) is 22.5 Å². The van der Waals surface area contributed by atoms with Crippen molar-refractivity contribution in [1.82, 2.24) is 15.0 Å². The quantitative estimate of drug-likeness (QED) is 0.804. The van der Waals surface area contributed by atoms with Gasteiger partial charge in [0.25, 0.3) is 0 Å². The Morgan fingerprint density at radius 3 is 2.50 bits per heavy atom. The number of aromatic nitrogens is 3. The van der Waals surface area contributed by atoms with Crippen molar-refractivity contribution in [1.29, 1.82) is 0 Å². The molecule has 0 fully saturated rings. The van der Waals surface area contributed by atoms with Crippen LogP contribution in [-0.4, -0.2) is 20.1 Å². The van der Waals surface area contributed by atoms with Crippen LogP contribution in [0.1, 0.15) is 22.5 Å². The van der Waals surface area contributed by atoms with Crippen LogP contribution in [-0.2, 0) is 13.0 Å². The lowest BCUT2D eigenvalue weighted by atomic mass is 10.1. The average molecular weight is 314 g/mol. The molecule has 0 aliphatic rings. The van der Waals surface area contributed by atoms with Crippen molar-refractivity contribution in [2.75, 3.05) is 0 Å². The molecule has 0 atom stereocenters. The summed E-state index contributed by atoms with van der Waals surface area (Å²) in [6.07, 6.45) is 0.633. The second-order valence-corrected chi connectivity index (χ2v) is 5.58. The minimum atomic E-state index is -0.130. The van der Waals surface area contributed by atoms with Crippen molar-refractivity contribution >= 4 is 11.6 Å². The van der Waals surface area contributed by atoms with Crippen molar-refractivity contribution in [2.45, 2.75) is 20.0 Å². The third-order valence-electron chi connectivity index (χ3n) is 3.62. The summed E-state index contributed by atoms with van der Waals surface area (Å²) in [6, 6.07) is 15.6. The van der Waals surface area contributed by atoms with Gasteiger partial charge in [0.15, 0.2) is 0 Å². The third-order valence-corrected chi connectivity index (χ3v) is 3.87. The Hall–Kier alpha value is -2.17. The second-order valence-electron chi connectivity index (χ2n) is 5.14. The lowest BCUT2D eigenvalue weighted by molar-refractivity contribution is 0.275. The minimum Gasteiger partial charge on any atom is -0.390 e. The number of hydrogen-bond donors (Lipinski definition) is 1. The molecule has 3 aromatic rings. The molecular formula is C17H16ClN3O. The van der Waals surface area contributed by atoms with Crippen molar-refractivity contribution < 1.29 is 5.11 Å². The van der Waals surface area contributed by atoms with E-state index in [4.69, 9.17) is 11.6 Å². The van der Waals surface area contributed by atoms with Crippen molar-refractivity contribution in [3.63, 3.8) is 0 Å². The molecule has 3 rings (SSSR count). The first-order chi connectivity index (χ1) is 10.7. The number of nitrogens with zero attached hydrogens (tertiary/aromatic N) is 3. The van der Waals surface area contributed by atoms with Crippen LogP contribution in [0.2, 0.25) is 5.02 Å². The predicted molar refractivity (Wildman–Crippen MR) is 86.3 cm³/mol. The number of para-hydroxylation sites is 1. The molecule has 4 nitrogen and oxygen atoms in total. The van der Waals surface area contributed by atoms with Gasteiger partial charge < -0.3 is 5.11 Å². The molecule has 0 amide bonds. The molecule has 22 heavy (non-hydrogen) atoms. The highest BCUT2D eigenvalue weighted by Crippen LogP contribution is 2.20. The van der Waals surface area contributed by atoms with E-state index >= 15 is 0 Å². The Morgan fingerprint density at radius 1 is 1.09 bits per heavy atom. The molecule has 0 radical (unpaired) electrons. The van der Waals surface area contributed by atoms with E-state index in [1.54, 1.807) is 4.68 Å². The van der Waals surface area contributed by atoms with E-state index in [-0.39, 0.29) is 6.61 Å². The predicted octanol–water partition coefficient (Wildman–Crippen LogP) is 3.31. The van der Waals surface area contributed by atoms with E-state index in [9.17, 15) is 5.11 Å². The molecule has 0 bridgehead atoms. The zero-order valence-electron chi connectivity index (χ0n) is 12.2. The number of benzene rings is 2. The van der Waals surface area contributed by atoms with Crippen LogP contribution < -0.4 is 0 Å². The maximum Gasteiger partial charge on any atom is 0.112 e. The first kappa shape index (κ1) is 14.8. The van der Waals surface area contributed by atoms with E-state index < -0.39 is 0 Å². The molecule has 0 unspecified atom stereocenters. The second kappa shape index (κ2) is 6.30. The number of aryl methyl sites for hydroxylation is 1. The summed E-state index contributed by atoms with van der Waals surface area (Å²) in [4.78, 5) is 0. The van der Waals surface area contributed by atoms with Crippen molar-refractivity contribution in [3.05, 3.63) is 76.1 Å². The molecule has 0 saturated heterocycles. The molecule has 1 N–H and O–H groups in total. The zero-order chi connectivity index (χ0) is 15.5. The molecule has 112 valence electrons. The number of aliphatic hydroxyl groups is 1. The first-order valence-corrected chi connectivity index (χ1v) is 7.41. The van der Waals surface area contributed by atoms with E-state index in [0.29, 0.717) is 17.1 Å². The molecule has 0 aliphatic carbocycles. The number of halogens is 1. The normalized spacial score (nSPS) is 10.9. The van der Waals surface area contributed by atoms with Gasteiger partial charge in [0.05, 0.1) is 18.0 Å². The molecule has 0 saturated carbocycles. The fourth-order valence-corrected chi connectivity index (χ4v) is 2.55. The fourth-order valence-electron chi connectivity index (χ4n) is 2.42. The minimum absolute atomic E-state index is 0.130. The highest BCUT2D eigenvalue weighted by molar-refractivity contribution is 6.30. The maximum absolute atomic E-state index is 9.53. The topological polar surface area (TPSA) is 50.9 Å². The molecule has 0 aliphatic heterocycles. The lowest BCUT2D eigenvalue weighted by Crippen LogP contribution is -2.06. The van der Waals surface area contributed by atoms with Gasteiger partial charge in [-0.15, -0.1) is 5.10 Å². The summed E-state index contributed by atoms with van der Waals surface area (Å²) in [5.41, 5.74) is 4.65. The molecule has 1 aromatic heterocycles. The SMILES string of the molecule is Cc1ccccc1-n1nnc(CO)c1Cc1ccc(Cl)cc1. The summed E-state index contributed by atoms with van der Waals surface area (Å²) in [7, 11) is 0. The molecule has 0 spiro atoms. The Morgan fingerprint density at radius 2 is 1.82 bits per heavy atom. The fraction of sp³-hybridized carbons (Fsp3) is 0.176. The standard InChI is InChI=1S/C17H16ClN3O/c1-12-4-2-3-5-16(12)21-17(15(11-22)19-20-21)10-13-6-8-14(18)9-7-13/h2-9,22H,10-11H2,1H3. The van der Waals surface area contributed by atoms with Crippen LogP contribution in [0.5, 0.6) is 0 Å². The van der Waals surface area contributed by atoms with Crippen LogP contribution in [0.3, 0.4) is 0 Å². The van der Waals surface area contributed by atoms with Crippen LogP contribution in [0.4, 0.5) is 0 Å². The smallest absolute Gasteiger partial charge is 0.112 e. The van der Waals surface area contributed by atoms with E-state index in [1.807, 2.05) is 55.5 Å². The van der Waals surface area contributed by atoms with Gasteiger partial charge in [-0.1, -0.05) is 47.1 Å². The van der Waals surface area contributed by atoms with E-state index in [2.05, 4.69) is 10.3 Å². The van der Waals surface area contributed by atoms with Crippen LogP contribution >= 0.6 is 11.6 Å². The van der Waals surface area contributed by atoms with Gasteiger partial charge in [0.2, 0.25) is 0 Å². The molecule has 2 aromatic carbocycles. The first-order valence-electron chi connectivity index (χ1n) is 7.04. The Kier molecular flexibility index (Phi) is 4.22. The van der Waals surface area contributed by atoms with Gasteiger partial charge in [-0.05, 0) is 36.2 Å². The molecule has 5 heteroatoms.